The van der Waals surface area contributed by atoms with E-state index in [-0.39, 0.29) is 10.8 Å². The van der Waals surface area contributed by atoms with Gasteiger partial charge in [0.2, 0.25) is 5.89 Å². The van der Waals surface area contributed by atoms with Crippen molar-refractivity contribution in [1.82, 2.24) is 19.7 Å². The van der Waals surface area contributed by atoms with E-state index in [1.807, 2.05) is 39.0 Å². The first-order valence-corrected chi connectivity index (χ1v) is 9.90. The van der Waals surface area contributed by atoms with Gasteiger partial charge in [-0.05, 0) is 31.5 Å². The molecule has 1 atom stereocenters. The fraction of sp³-hybridized carbons (Fsp3) is 0.412. The van der Waals surface area contributed by atoms with Crippen molar-refractivity contribution >= 4 is 38.6 Å². The monoisotopic (exact) mass is 422 g/mol. The smallest absolute Gasteiger partial charge is 0.262 e. The molecule has 8 heteroatoms. The molecule has 0 N–H and O–H groups in total. The largest absolute Gasteiger partial charge is 0.338 e. The molecule has 6 nitrogen and oxygen atoms in total. The Balaban J connectivity index is 2.03. The van der Waals surface area contributed by atoms with E-state index in [2.05, 4.69) is 26.1 Å². The Labute approximate surface area is 158 Å². The third-order valence-electron chi connectivity index (χ3n) is 3.76. The molecular formula is C17H19BrN4O2S. The normalized spacial score (nSPS) is 12.6. The maximum atomic E-state index is 12.9. The lowest BCUT2D eigenvalue weighted by Gasteiger charge is -2.14. The van der Waals surface area contributed by atoms with Crippen molar-refractivity contribution in [3.05, 3.63) is 44.7 Å². The van der Waals surface area contributed by atoms with E-state index >= 15 is 0 Å². The minimum absolute atomic E-state index is 0.0253. The molecule has 0 spiro atoms. The minimum Gasteiger partial charge on any atom is -0.338 e. The van der Waals surface area contributed by atoms with E-state index in [4.69, 9.17) is 9.51 Å². The van der Waals surface area contributed by atoms with Gasteiger partial charge in [0, 0.05) is 17.4 Å². The molecule has 0 aliphatic heterocycles. The Morgan fingerprint density at radius 1 is 1.32 bits per heavy atom. The quantitative estimate of drug-likeness (QED) is 0.433. The second-order valence-electron chi connectivity index (χ2n) is 5.68. The maximum absolute atomic E-state index is 12.9. The molecule has 1 unspecified atom stereocenters. The molecule has 2 aromatic heterocycles. The Hall–Kier alpha value is -1.67. The molecule has 132 valence electrons. The highest BCUT2D eigenvalue weighted by atomic mass is 79.9. The Morgan fingerprint density at radius 2 is 2.12 bits per heavy atom. The molecule has 3 aromatic rings. The predicted octanol–water partition coefficient (Wildman–Crippen LogP) is 4.37. The first-order chi connectivity index (χ1) is 12.0. The number of halogens is 1. The molecular weight excluding hydrogens is 404 g/mol. The summed E-state index contributed by atoms with van der Waals surface area (Å²) in [5, 5.41) is 5.14. The topological polar surface area (TPSA) is 73.8 Å². The van der Waals surface area contributed by atoms with Crippen LogP contribution >= 0.6 is 27.7 Å². The number of rotatable bonds is 6. The van der Waals surface area contributed by atoms with Crippen LogP contribution < -0.4 is 5.56 Å². The number of aromatic nitrogens is 4. The zero-order valence-electron chi connectivity index (χ0n) is 14.3. The van der Waals surface area contributed by atoms with Gasteiger partial charge < -0.3 is 4.52 Å². The van der Waals surface area contributed by atoms with Crippen LogP contribution in [0.15, 0.2) is 37.1 Å². The lowest BCUT2D eigenvalue weighted by molar-refractivity contribution is 0.375. The van der Waals surface area contributed by atoms with E-state index in [0.29, 0.717) is 34.3 Å². The Morgan fingerprint density at radius 3 is 2.80 bits per heavy atom. The highest BCUT2D eigenvalue weighted by Gasteiger charge is 2.19. The molecule has 0 saturated heterocycles. The van der Waals surface area contributed by atoms with E-state index in [1.54, 1.807) is 4.57 Å². The second kappa shape index (κ2) is 7.70. The van der Waals surface area contributed by atoms with Crippen LogP contribution in [0.2, 0.25) is 0 Å². The van der Waals surface area contributed by atoms with Crippen LogP contribution in [0.25, 0.3) is 10.9 Å². The Bertz CT molecular complexity index is 953. The number of aryl methyl sites for hydroxylation is 1. The molecule has 2 heterocycles. The molecule has 1 aromatic carbocycles. The molecule has 0 aliphatic rings. The molecule has 0 amide bonds. The molecule has 0 saturated carbocycles. The highest BCUT2D eigenvalue weighted by molar-refractivity contribution is 9.10. The minimum atomic E-state index is -0.0873. The Kier molecular flexibility index (Phi) is 5.58. The van der Waals surface area contributed by atoms with Crippen molar-refractivity contribution < 1.29 is 4.52 Å². The van der Waals surface area contributed by atoms with Gasteiger partial charge in [0.1, 0.15) is 0 Å². The van der Waals surface area contributed by atoms with Gasteiger partial charge >= 0.3 is 0 Å². The molecule has 0 fully saturated rings. The number of hydrogen-bond donors (Lipinski definition) is 0. The van der Waals surface area contributed by atoms with Crippen molar-refractivity contribution in [2.45, 2.75) is 50.6 Å². The summed E-state index contributed by atoms with van der Waals surface area (Å²) in [7, 11) is 0. The van der Waals surface area contributed by atoms with E-state index in [9.17, 15) is 4.79 Å². The maximum Gasteiger partial charge on any atom is 0.262 e. The van der Waals surface area contributed by atoms with Crippen molar-refractivity contribution in [3.63, 3.8) is 0 Å². The summed E-state index contributed by atoms with van der Waals surface area (Å²) in [6, 6.07) is 5.57. The fourth-order valence-corrected chi connectivity index (χ4v) is 3.79. The van der Waals surface area contributed by atoms with Crippen LogP contribution in [0.3, 0.4) is 0 Å². The summed E-state index contributed by atoms with van der Waals surface area (Å²) in [5.41, 5.74) is 0.664. The SMILES string of the molecule is CCCn1c(SC(C)c2nc(CC)no2)nc2ccc(Br)cc2c1=O. The van der Waals surface area contributed by atoms with E-state index in [0.717, 1.165) is 17.3 Å². The number of fused-ring (bicyclic) bond motifs is 1. The summed E-state index contributed by atoms with van der Waals surface area (Å²) in [6.07, 6.45) is 1.58. The van der Waals surface area contributed by atoms with Gasteiger partial charge in [-0.25, -0.2) is 4.98 Å². The first kappa shape index (κ1) is 18.1. The van der Waals surface area contributed by atoms with Crippen molar-refractivity contribution in [3.8, 4) is 0 Å². The molecule has 0 aliphatic carbocycles. The summed E-state index contributed by atoms with van der Waals surface area (Å²) in [6.45, 7) is 6.62. The fourth-order valence-electron chi connectivity index (χ4n) is 2.47. The standard InChI is InChI=1S/C17H19BrN4O2S/c1-4-8-22-16(23)12-9-11(18)6-7-13(12)19-17(22)25-10(3)15-20-14(5-2)21-24-15/h6-7,9-10H,4-5,8H2,1-3H3. The van der Waals surface area contributed by atoms with E-state index in [1.165, 1.54) is 11.8 Å². The van der Waals surface area contributed by atoms with Crippen LogP contribution in [-0.4, -0.2) is 19.7 Å². The van der Waals surface area contributed by atoms with Crippen molar-refractivity contribution in [2.24, 2.45) is 0 Å². The van der Waals surface area contributed by atoms with Gasteiger partial charge in [-0.3, -0.25) is 9.36 Å². The van der Waals surface area contributed by atoms with Crippen LogP contribution in [0.4, 0.5) is 0 Å². The van der Waals surface area contributed by atoms with Gasteiger partial charge in [-0.2, -0.15) is 4.98 Å². The van der Waals surface area contributed by atoms with Crippen LogP contribution in [0.5, 0.6) is 0 Å². The third kappa shape index (κ3) is 3.79. The third-order valence-corrected chi connectivity index (χ3v) is 5.33. The van der Waals surface area contributed by atoms with Gasteiger partial charge in [0.25, 0.3) is 5.56 Å². The zero-order chi connectivity index (χ0) is 18.0. The number of nitrogens with zero attached hydrogens (tertiary/aromatic N) is 4. The van der Waals surface area contributed by atoms with Crippen molar-refractivity contribution in [1.29, 1.82) is 0 Å². The lowest BCUT2D eigenvalue weighted by atomic mass is 10.2. The number of thioether (sulfide) groups is 1. The molecule has 3 rings (SSSR count). The summed E-state index contributed by atoms with van der Waals surface area (Å²) in [5.74, 6) is 1.24. The highest BCUT2D eigenvalue weighted by Crippen LogP contribution is 2.33. The first-order valence-electron chi connectivity index (χ1n) is 8.22. The van der Waals surface area contributed by atoms with Crippen LogP contribution in [0, 0.1) is 0 Å². The average molecular weight is 423 g/mol. The predicted molar refractivity (Wildman–Crippen MR) is 102 cm³/mol. The summed E-state index contributed by atoms with van der Waals surface area (Å²) >= 11 is 4.88. The second-order valence-corrected chi connectivity index (χ2v) is 7.90. The van der Waals surface area contributed by atoms with E-state index < -0.39 is 0 Å². The van der Waals surface area contributed by atoms with Crippen LogP contribution in [-0.2, 0) is 13.0 Å². The summed E-state index contributed by atoms with van der Waals surface area (Å²) in [4.78, 5) is 22.0. The summed E-state index contributed by atoms with van der Waals surface area (Å²) < 4.78 is 7.92. The molecule has 0 bridgehead atoms. The lowest BCUT2D eigenvalue weighted by Crippen LogP contribution is -2.23. The average Bonchev–Trinajstić information content (AvgIpc) is 3.08. The van der Waals surface area contributed by atoms with Gasteiger partial charge in [-0.15, -0.1) is 0 Å². The molecule has 25 heavy (non-hydrogen) atoms. The zero-order valence-corrected chi connectivity index (χ0v) is 16.7. The number of benzene rings is 1. The van der Waals surface area contributed by atoms with Crippen molar-refractivity contribution in [2.75, 3.05) is 0 Å². The van der Waals surface area contributed by atoms with Gasteiger partial charge in [0.15, 0.2) is 11.0 Å². The number of hydrogen-bond acceptors (Lipinski definition) is 6. The van der Waals surface area contributed by atoms with Gasteiger partial charge in [0.05, 0.1) is 16.2 Å². The molecule has 0 radical (unpaired) electrons. The van der Waals surface area contributed by atoms with Crippen LogP contribution in [0.1, 0.15) is 44.2 Å². The van der Waals surface area contributed by atoms with Gasteiger partial charge in [-0.1, -0.05) is 46.7 Å².